The molecule has 5 nitrogen and oxygen atoms in total. The predicted octanol–water partition coefficient (Wildman–Crippen LogP) is 6.06. The summed E-state index contributed by atoms with van der Waals surface area (Å²) >= 11 is 5.33. The third-order valence-corrected chi connectivity index (χ3v) is 5.62. The van der Waals surface area contributed by atoms with Crippen LogP contribution in [-0.2, 0) is 11.2 Å². The Hall–Kier alpha value is -3.51. The molecule has 1 unspecified atom stereocenters. The maximum absolute atomic E-state index is 12.7. The Balaban J connectivity index is 1.58. The summed E-state index contributed by atoms with van der Waals surface area (Å²) in [5.41, 5.74) is 5.09. The summed E-state index contributed by atoms with van der Waals surface area (Å²) in [7, 11) is 0. The fourth-order valence-electron chi connectivity index (χ4n) is 3.61. The van der Waals surface area contributed by atoms with E-state index < -0.39 is 0 Å². The van der Waals surface area contributed by atoms with Crippen molar-refractivity contribution in [3.8, 4) is 0 Å². The Labute approximate surface area is 207 Å². The Morgan fingerprint density at radius 3 is 2.15 bits per heavy atom. The molecule has 0 bridgehead atoms. The van der Waals surface area contributed by atoms with Crippen LogP contribution in [0.3, 0.4) is 0 Å². The number of aryl methyl sites for hydroxylation is 1. The Kier molecular flexibility index (Phi) is 8.55. The first-order valence-electron chi connectivity index (χ1n) is 11.4. The van der Waals surface area contributed by atoms with Crippen LogP contribution in [-0.4, -0.2) is 16.9 Å². The van der Waals surface area contributed by atoms with Crippen molar-refractivity contribution in [2.24, 2.45) is 5.92 Å². The highest BCUT2D eigenvalue weighted by Gasteiger charge is 2.17. The smallest absolute Gasteiger partial charge is 0.255 e. The second-order valence-corrected chi connectivity index (χ2v) is 9.32. The number of nitrogens with one attached hydrogen (secondary N) is 3. The van der Waals surface area contributed by atoms with E-state index in [1.165, 1.54) is 5.56 Å². The first-order chi connectivity index (χ1) is 16.2. The van der Waals surface area contributed by atoms with Crippen LogP contribution in [0.4, 0.5) is 11.4 Å². The Morgan fingerprint density at radius 1 is 0.853 bits per heavy atom. The minimum atomic E-state index is -0.348. The molecule has 3 aromatic carbocycles. The molecule has 0 radical (unpaired) electrons. The summed E-state index contributed by atoms with van der Waals surface area (Å²) in [4.78, 5) is 25.3. The van der Waals surface area contributed by atoms with Crippen LogP contribution < -0.4 is 16.0 Å². The molecule has 0 aromatic heterocycles. The summed E-state index contributed by atoms with van der Waals surface area (Å²) in [5, 5.41) is 8.82. The van der Waals surface area contributed by atoms with Gasteiger partial charge in [-0.3, -0.25) is 9.59 Å². The van der Waals surface area contributed by atoms with Gasteiger partial charge in [0.25, 0.3) is 5.91 Å². The molecule has 176 valence electrons. The van der Waals surface area contributed by atoms with Crippen molar-refractivity contribution in [2.75, 3.05) is 10.6 Å². The highest BCUT2D eigenvalue weighted by molar-refractivity contribution is 7.80. The quantitative estimate of drug-likeness (QED) is 0.365. The van der Waals surface area contributed by atoms with Crippen LogP contribution in [0.5, 0.6) is 0 Å². The molecule has 6 heteroatoms. The third kappa shape index (κ3) is 7.25. The number of hydrogen-bond donors (Lipinski definition) is 3. The van der Waals surface area contributed by atoms with Gasteiger partial charge in [0.15, 0.2) is 5.11 Å². The van der Waals surface area contributed by atoms with Crippen molar-refractivity contribution in [2.45, 2.75) is 40.0 Å². The monoisotopic (exact) mass is 473 g/mol. The van der Waals surface area contributed by atoms with Crippen molar-refractivity contribution in [1.29, 1.82) is 0 Å². The highest BCUT2D eigenvalue weighted by Crippen LogP contribution is 2.18. The lowest BCUT2D eigenvalue weighted by atomic mass is 9.96. The second kappa shape index (κ2) is 11.6. The van der Waals surface area contributed by atoms with Crippen LogP contribution in [0.2, 0.25) is 0 Å². The SMILES string of the molecule is Cc1cccc(NC(=O)c2cccc(NC(=S)NC(=O)C(C)c3ccc(CC(C)C)cc3)c2)c1. The van der Waals surface area contributed by atoms with Crippen molar-refractivity contribution in [1.82, 2.24) is 5.32 Å². The number of carbonyl (C=O) groups is 2. The molecule has 3 N–H and O–H groups in total. The predicted molar refractivity (Wildman–Crippen MR) is 143 cm³/mol. The van der Waals surface area contributed by atoms with Gasteiger partial charge in [0.1, 0.15) is 0 Å². The molecule has 0 saturated heterocycles. The van der Waals surface area contributed by atoms with E-state index in [-0.39, 0.29) is 22.8 Å². The van der Waals surface area contributed by atoms with Crippen LogP contribution >= 0.6 is 12.2 Å². The maximum Gasteiger partial charge on any atom is 0.255 e. The van der Waals surface area contributed by atoms with E-state index in [4.69, 9.17) is 12.2 Å². The molecule has 34 heavy (non-hydrogen) atoms. The zero-order valence-electron chi connectivity index (χ0n) is 20.0. The molecular weight excluding hydrogens is 442 g/mol. The van der Waals surface area contributed by atoms with E-state index in [9.17, 15) is 9.59 Å². The number of carbonyl (C=O) groups excluding carboxylic acids is 2. The second-order valence-electron chi connectivity index (χ2n) is 8.91. The van der Waals surface area contributed by atoms with Gasteiger partial charge in [0, 0.05) is 16.9 Å². The summed E-state index contributed by atoms with van der Waals surface area (Å²) in [6, 6.07) is 22.7. The van der Waals surface area contributed by atoms with Gasteiger partial charge in [0.2, 0.25) is 5.91 Å². The largest absolute Gasteiger partial charge is 0.332 e. The first-order valence-corrected chi connectivity index (χ1v) is 11.8. The summed E-state index contributed by atoms with van der Waals surface area (Å²) < 4.78 is 0. The lowest BCUT2D eigenvalue weighted by Gasteiger charge is -2.15. The van der Waals surface area contributed by atoms with E-state index in [1.807, 2.05) is 50.2 Å². The lowest BCUT2D eigenvalue weighted by Crippen LogP contribution is -2.36. The molecule has 0 spiro atoms. The van der Waals surface area contributed by atoms with Crippen molar-refractivity contribution in [3.05, 3.63) is 95.1 Å². The van der Waals surface area contributed by atoms with Crippen LogP contribution in [0.25, 0.3) is 0 Å². The van der Waals surface area contributed by atoms with Gasteiger partial charge in [-0.05, 0) is 85.4 Å². The molecule has 3 aromatic rings. The molecule has 0 heterocycles. The van der Waals surface area contributed by atoms with Crippen molar-refractivity contribution < 1.29 is 9.59 Å². The fourth-order valence-corrected chi connectivity index (χ4v) is 3.83. The number of thiocarbonyl (C=S) groups is 1. The van der Waals surface area contributed by atoms with Gasteiger partial charge in [0.05, 0.1) is 5.92 Å². The van der Waals surface area contributed by atoms with Gasteiger partial charge in [-0.2, -0.15) is 0 Å². The minimum Gasteiger partial charge on any atom is -0.332 e. The number of hydrogen-bond acceptors (Lipinski definition) is 3. The van der Waals surface area contributed by atoms with Crippen LogP contribution in [0.15, 0.2) is 72.8 Å². The maximum atomic E-state index is 12.7. The van der Waals surface area contributed by atoms with E-state index in [2.05, 4.69) is 41.9 Å². The number of anilines is 2. The number of amides is 2. The van der Waals surface area contributed by atoms with Gasteiger partial charge < -0.3 is 16.0 Å². The van der Waals surface area contributed by atoms with Crippen LogP contribution in [0, 0.1) is 12.8 Å². The fraction of sp³-hybridized carbons (Fsp3) is 0.250. The average Bonchev–Trinajstić information content (AvgIpc) is 2.78. The molecule has 1 atom stereocenters. The van der Waals surface area contributed by atoms with Gasteiger partial charge in [-0.1, -0.05) is 56.3 Å². The Morgan fingerprint density at radius 2 is 1.50 bits per heavy atom. The van der Waals surface area contributed by atoms with Gasteiger partial charge >= 0.3 is 0 Å². The average molecular weight is 474 g/mol. The summed E-state index contributed by atoms with van der Waals surface area (Å²) in [6.45, 7) is 8.19. The minimum absolute atomic E-state index is 0.185. The topological polar surface area (TPSA) is 70.2 Å². The first kappa shape index (κ1) is 25.1. The van der Waals surface area contributed by atoms with Crippen LogP contribution in [0.1, 0.15) is 53.7 Å². The molecular formula is C28H31N3O2S. The number of benzene rings is 3. The molecule has 2 amide bonds. The van der Waals surface area contributed by atoms with Crippen molar-refractivity contribution >= 4 is 40.5 Å². The van der Waals surface area contributed by atoms with Gasteiger partial charge in [-0.15, -0.1) is 0 Å². The lowest BCUT2D eigenvalue weighted by molar-refractivity contribution is -0.120. The molecule has 3 rings (SSSR count). The third-order valence-electron chi connectivity index (χ3n) is 5.41. The molecule has 0 fully saturated rings. The Bertz CT molecular complexity index is 1170. The summed E-state index contributed by atoms with van der Waals surface area (Å²) in [6.07, 6.45) is 1.01. The van der Waals surface area contributed by atoms with Crippen molar-refractivity contribution in [3.63, 3.8) is 0 Å². The molecule has 0 aliphatic heterocycles. The van der Waals surface area contributed by atoms with E-state index in [0.717, 1.165) is 23.2 Å². The number of rotatable bonds is 7. The zero-order valence-corrected chi connectivity index (χ0v) is 20.8. The summed E-state index contributed by atoms with van der Waals surface area (Å²) in [5.74, 6) is -0.178. The van der Waals surface area contributed by atoms with E-state index >= 15 is 0 Å². The van der Waals surface area contributed by atoms with E-state index in [0.29, 0.717) is 17.2 Å². The molecule has 0 saturated carbocycles. The molecule has 0 aliphatic rings. The van der Waals surface area contributed by atoms with Gasteiger partial charge in [-0.25, -0.2) is 0 Å². The normalized spacial score (nSPS) is 11.6. The highest BCUT2D eigenvalue weighted by atomic mass is 32.1. The standard InChI is InChI=1S/C28H31N3O2S/c1-18(2)15-21-11-13-22(14-12-21)20(4)26(32)31-28(34)30-25-10-6-8-23(17-25)27(33)29-24-9-5-7-19(3)16-24/h5-14,16-18,20H,15H2,1-4H3,(H,29,33)(H2,30,31,32,34). The zero-order chi connectivity index (χ0) is 24.7. The molecule has 0 aliphatic carbocycles. The van der Waals surface area contributed by atoms with E-state index in [1.54, 1.807) is 24.3 Å².